The van der Waals surface area contributed by atoms with Crippen LogP contribution in [0.4, 0.5) is 5.69 Å². The quantitative estimate of drug-likeness (QED) is 0.497. The molecular weight excluding hydrogens is 292 g/mol. The van der Waals surface area contributed by atoms with Crippen LogP contribution in [0.15, 0.2) is 79.0 Å². The molecule has 2 heterocycles. The Morgan fingerprint density at radius 3 is 2.67 bits per heavy atom. The SMILES string of the molecule is C1=CC(c2cccc3ccccc23)Nc2c1ccc1cccnc21. The molecule has 2 heteroatoms. The predicted molar refractivity (Wildman–Crippen MR) is 101 cm³/mol. The zero-order valence-electron chi connectivity index (χ0n) is 13.1. The normalized spacial score (nSPS) is 16.1. The van der Waals surface area contributed by atoms with Crippen LogP contribution < -0.4 is 5.32 Å². The average molecular weight is 308 g/mol. The summed E-state index contributed by atoms with van der Waals surface area (Å²) in [5.74, 6) is 0. The summed E-state index contributed by atoms with van der Waals surface area (Å²) in [5, 5.41) is 7.42. The van der Waals surface area contributed by atoms with Gasteiger partial charge in [0.1, 0.15) is 0 Å². The van der Waals surface area contributed by atoms with Crippen LogP contribution in [-0.2, 0) is 0 Å². The predicted octanol–water partition coefficient (Wildman–Crippen LogP) is 5.57. The number of hydrogen-bond donors (Lipinski definition) is 1. The summed E-state index contributed by atoms with van der Waals surface area (Å²) in [7, 11) is 0. The van der Waals surface area contributed by atoms with Crippen molar-refractivity contribution in [2.75, 3.05) is 5.32 Å². The molecule has 1 unspecified atom stereocenters. The minimum Gasteiger partial charge on any atom is -0.372 e. The highest BCUT2D eigenvalue weighted by Crippen LogP contribution is 2.36. The molecule has 2 nitrogen and oxygen atoms in total. The molecule has 114 valence electrons. The average Bonchev–Trinajstić information content (AvgIpc) is 2.67. The highest BCUT2D eigenvalue weighted by Gasteiger charge is 2.18. The van der Waals surface area contributed by atoms with E-state index in [9.17, 15) is 0 Å². The molecule has 0 fully saturated rings. The van der Waals surface area contributed by atoms with E-state index in [1.807, 2.05) is 12.3 Å². The second-order valence-electron chi connectivity index (χ2n) is 6.15. The molecule has 0 spiro atoms. The van der Waals surface area contributed by atoms with Crippen LogP contribution in [0.3, 0.4) is 0 Å². The Labute approximate surface area is 140 Å². The molecular formula is C22H16N2. The van der Waals surface area contributed by atoms with Crippen molar-refractivity contribution in [2.24, 2.45) is 0 Å². The summed E-state index contributed by atoms with van der Waals surface area (Å²) < 4.78 is 0. The van der Waals surface area contributed by atoms with Crippen LogP contribution in [0.1, 0.15) is 17.2 Å². The van der Waals surface area contributed by atoms with E-state index in [2.05, 4.69) is 83.1 Å². The molecule has 0 bridgehead atoms. The molecule has 1 aromatic heterocycles. The van der Waals surface area contributed by atoms with Crippen molar-refractivity contribution in [1.82, 2.24) is 4.98 Å². The number of nitrogens with zero attached hydrogens (tertiary/aromatic N) is 1. The molecule has 1 N–H and O–H groups in total. The van der Waals surface area contributed by atoms with Gasteiger partial charge in [0, 0.05) is 11.6 Å². The molecule has 1 aliphatic heterocycles. The van der Waals surface area contributed by atoms with E-state index in [-0.39, 0.29) is 6.04 Å². The third-order valence-electron chi connectivity index (χ3n) is 4.73. The Hall–Kier alpha value is -3.13. The fraction of sp³-hybridized carbons (Fsp3) is 0.0455. The Balaban J connectivity index is 1.67. The van der Waals surface area contributed by atoms with Crippen LogP contribution in [0.25, 0.3) is 27.8 Å². The minimum absolute atomic E-state index is 0.149. The van der Waals surface area contributed by atoms with Gasteiger partial charge in [-0.05, 0) is 28.0 Å². The number of anilines is 1. The lowest BCUT2D eigenvalue weighted by atomic mass is 9.94. The topological polar surface area (TPSA) is 24.9 Å². The van der Waals surface area contributed by atoms with E-state index >= 15 is 0 Å². The largest absolute Gasteiger partial charge is 0.372 e. The molecule has 0 aliphatic carbocycles. The van der Waals surface area contributed by atoms with Crippen molar-refractivity contribution >= 4 is 33.4 Å². The maximum Gasteiger partial charge on any atom is 0.0939 e. The second kappa shape index (κ2) is 5.20. The smallest absolute Gasteiger partial charge is 0.0939 e. The minimum atomic E-state index is 0.149. The standard InChI is InChI=1S/C22H16N2/c1-2-8-18-15(5-1)6-3-9-19(18)20-13-12-17-11-10-16-7-4-14-23-21(16)22(17)24-20/h1-14,20,24H. The molecule has 5 rings (SSSR count). The molecule has 3 aromatic carbocycles. The summed E-state index contributed by atoms with van der Waals surface area (Å²) in [6, 6.07) is 23.6. The van der Waals surface area contributed by atoms with Crippen molar-refractivity contribution in [3.63, 3.8) is 0 Å². The van der Waals surface area contributed by atoms with Gasteiger partial charge in [0.05, 0.1) is 17.2 Å². The van der Waals surface area contributed by atoms with Gasteiger partial charge in [-0.2, -0.15) is 0 Å². The van der Waals surface area contributed by atoms with E-state index in [1.165, 1.54) is 21.9 Å². The highest BCUT2D eigenvalue weighted by atomic mass is 14.9. The van der Waals surface area contributed by atoms with Crippen molar-refractivity contribution in [2.45, 2.75) is 6.04 Å². The zero-order valence-corrected chi connectivity index (χ0v) is 13.1. The Bertz CT molecular complexity index is 1090. The van der Waals surface area contributed by atoms with Gasteiger partial charge in [0.25, 0.3) is 0 Å². The van der Waals surface area contributed by atoms with Crippen molar-refractivity contribution in [3.8, 4) is 0 Å². The second-order valence-corrected chi connectivity index (χ2v) is 6.15. The van der Waals surface area contributed by atoms with Gasteiger partial charge >= 0.3 is 0 Å². The summed E-state index contributed by atoms with van der Waals surface area (Å²) in [6.45, 7) is 0. The van der Waals surface area contributed by atoms with Crippen LogP contribution in [-0.4, -0.2) is 4.98 Å². The molecule has 1 atom stereocenters. The molecule has 4 aromatic rings. The monoisotopic (exact) mass is 308 g/mol. The zero-order chi connectivity index (χ0) is 15.9. The summed E-state index contributed by atoms with van der Waals surface area (Å²) in [6.07, 6.45) is 6.29. The van der Waals surface area contributed by atoms with Gasteiger partial charge < -0.3 is 5.32 Å². The molecule has 0 radical (unpaired) electrons. The third kappa shape index (κ3) is 2.00. The van der Waals surface area contributed by atoms with Crippen LogP contribution >= 0.6 is 0 Å². The first-order chi connectivity index (χ1) is 11.9. The van der Waals surface area contributed by atoms with Crippen molar-refractivity contribution < 1.29 is 0 Å². The number of pyridine rings is 1. The fourth-order valence-corrected chi connectivity index (χ4v) is 3.56. The molecule has 24 heavy (non-hydrogen) atoms. The molecule has 0 saturated heterocycles. The van der Waals surface area contributed by atoms with Gasteiger partial charge in [0.15, 0.2) is 0 Å². The lowest BCUT2D eigenvalue weighted by Crippen LogP contribution is -2.13. The van der Waals surface area contributed by atoms with E-state index in [1.54, 1.807) is 0 Å². The van der Waals surface area contributed by atoms with E-state index in [0.717, 1.165) is 16.6 Å². The Kier molecular flexibility index (Phi) is 2.89. The lowest BCUT2D eigenvalue weighted by Gasteiger charge is -2.24. The van der Waals surface area contributed by atoms with Gasteiger partial charge in [-0.15, -0.1) is 0 Å². The Morgan fingerprint density at radius 1 is 0.792 bits per heavy atom. The number of fused-ring (bicyclic) bond motifs is 4. The third-order valence-corrected chi connectivity index (χ3v) is 4.73. The summed E-state index contributed by atoms with van der Waals surface area (Å²) >= 11 is 0. The van der Waals surface area contributed by atoms with Crippen molar-refractivity contribution in [1.29, 1.82) is 0 Å². The van der Waals surface area contributed by atoms with Gasteiger partial charge in [-0.25, -0.2) is 0 Å². The van der Waals surface area contributed by atoms with Crippen LogP contribution in [0.5, 0.6) is 0 Å². The number of nitrogens with one attached hydrogen (secondary N) is 1. The van der Waals surface area contributed by atoms with Crippen LogP contribution in [0, 0.1) is 0 Å². The van der Waals surface area contributed by atoms with E-state index in [0.29, 0.717) is 0 Å². The summed E-state index contributed by atoms with van der Waals surface area (Å²) in [4.78, 5) is 4.59. The molecule has 0 amide bonds. The maximum absolute atomic E-state index is 4.59. The number of rotatable bonds is 1. The number of benzene rings is 3. The van der Waals surface area contributed by atoms with E-state index in [4.69, 9.17) is 0 Å². The van der Waals surface area contributed by atoms with Gasteiger partial charge in [0.2, 0.25) is 0 Å². The van der Waals surface area contributed by atoms with Crippen molar-refractivity contribution in [3.05, 3.63) is 90.1 Å². The number of aromatic nitrogens is 1. The van der Waals surface area contributed by atoms with Crippen LogP contribution in [0.2, 0.25) is 0 Å². The highest BCUT2D eigenvalue weighted by molar-refractivity contribution is 5.97. The Morgan fingerprint density at radius 2 is 1.67 bits per heavy atom. The number of hydrogen-bond acceptors (Lipinski definition) is 2. The first kappa shape index (κ1) is 13.3. The van der Waals surface area contributed by atoms with E-state index < -0.39 is 0 Å². The van der Waals surface area contributed by atoms with Gasteiger partial charge in [-0.3, -0.25) is 4.98 Å². The molecule has 0 saturated carbocycles. The lowest BCUT2D eigenvalue weighted by molar-refractivity contribution is 0.993. The molecule has 1 aliphatic rings. The summed E-state index contributed by atoms with van der Waals surface area (Å²) in [5.41, 5.74) is 4.64. The first-order valence-corrected chi connectivity index (χ1v) is 8.20. The van der Waals surface area contributed by atoms with Gasteiger partial charge in [-0.1, -0.05) is 72.8 Å². The first-order valence-electron chi connectivity index (χ1n) is 8.20. The maximum atomic E-state index is 4.59. The fourth-order valence-electron chi connectivity index (χ4n) is 3.56.